The van der Waals surface area contributed by atoms with Crippen molar-refractivity contribution in [3.63, 3.8) is 0 Å². The first kappa shape index (κ1) is 35.8. The third kappa shape index (κ3) is 10.7. The Kier molecular flexibility index (Phi) is 15.8. The van der Waals surface area contributed by atoms with Gasteiger partial charge in [0.1, 0.15) is 16.8 Å². The summed E-state index contributed by atoms with van der Waals surface area (Å²) in [5, 5.41) is 1.63. The summed E-state index contributed by atoms with van der Waals surface area (Å²) in [6, 6.07) is 26.6. The first-order chi connectivity index (χ1) is 20.5. The number of ether oxygens (including phenoxy) is 2. The van der Waals surface area contributed by atoms with Gasteiger partial charge in [-0.3, -0.25) is 0 Å². The van der Waals surface area contributed by atoms with E-state index in [-0.39, 0.29) is 32.6 Å². The molecule has 0 saturated heterocycles. The van der Waals surface area contributed by atoms with Gasteiger partial charge < -0.3 is 15.2 Å². The molecule has 0 amide bonds. The van der Waals surface area contributed by atoms with E-state index >= 15 is 0 Å². The van der Waals surface area contributed by atoms with Gasteiger partial charge in [0.2, 0.25) is 0 Å². The Morgan fingerprint density at radius 3 is 1.74 bits per heavy atom. The largest absolute Gasteiger partial charge is 0.490 e. The Morgan fingerprint density at radius 2 is 1.26 bits per heavy atom. The van der Waals surface area contributed by atoms with Crippen molar-refractivity contribution in [1.29, 1.82) is 0 Å². The van der Waals surface area contributed by atoms with Crippen LogP contribution in [0.4, 0.5) is 0 Å². The monoisotopic (exact) mass is 693 g/mol. The van der Waals surface area contributed by atoms with Crippen LogP contribution in [0.15, 0.2) is 66.7 Å². The normalized spacial score (nSPS) is 16.0. The molecule has 0 aromatic heterocycles. The third-order valence-corrected chi connectivity index (χ3v) is 12.5. The van der Waals surface area contributed by atoms with Crippen LogP contribution in [0, 0.1) is 6.07 Å². The fraction of sp³-hybridized carbons (Fsp3) is 0.526. The average molecular weight is 694 g/mol. The predicted molar refractivity (Wildman–Crippen MR) is 183 cm³/mol. The summed E-state index contributed by atoms with van der Waals surface area (Å²) >= 11 is 0. The maximum atomic E-state index is 6.38. The van der Waals surface area contributed by atoms with Crippen LogP contribution < -0.4 is 20.5 Å². The molecule has 5 rings (SSSR count). The smallest absolute Gasteiger partial charge is 0.131 e. The van der Waals surface area contributed by atoms with Gasteiger partial charge in [0.25, 0.3) is 0 Å². The third-order valence-electron chi connectivity index (χ3n) is 8.50. The molecule has 0 unspecified atom stereocenters. The Bertz CT molecular complexity index is 1140. The van der Waals surface area contributed by atoms with Gasteiger partial charge >= 0.3 is 0 Å². The predicted octanol–water partition coefficient (Wildman–Crippen LogP) is 9.42. The number of benzene rings is 3. The molecule has 5 heteroatoms. The van der Waals surface area contributed by atoms with Crippen LogP contribution >= 0.6 is 7.92 Å². The Balaban J connectivity index is 0.000000435. The van der Waals surface area contributed by atoms with Gasteiger partial charge in [0, 0.05) is 33.9 Å². The molecule has 2 aliphatic carbocycles. The van der Waals surface area contributed by atoms with E-state index < -0.39 is 7.92 Å². The molecule has 3 aromatic carbocycles. The zero-order valence-corrected chi connectivity index (χ0v) is 29.4. The summed E-state index contributed by atoms with van der Waals surface area (Å²) in [4.78, 5) is 0. The molecule has 0 radical (unpaired) electrons. The van der Waals surface area contributed by atoms with Gasteiger partial charge in [-0.25, -0.2) is 0 Å². The first-order valence-corrected chi connectivity index (χ1v) is 18.2. The van der Waals surface area contributed by atoms with Gasteiger partial charge in [-0.2, -0.15) is 35.9 Å². The topological polar surface area (TPSA) is 44.5 Å². The second-order valence-corrected chi connectivity index (χ2v) is 15.6. The van der Waals surface area contributed by atoms with E-state index in [2.05, 4.69) is 76.2 Å². The molecule has 3 nitrogen and oxygen atoms in total. The van der Waals surface area contributed by atoms with Gasteiger partial charge in [0.05, 0.1) is 29.1 Å². The second-order valence-electron chi connectivity index (χ2n) is 12.6. The summed E-state index contributed by atoms with van der Waals surface area (Å²) in [5.74, 6) is 1.92. The van der Waals surface area contributed by atoms with Crippen LogP contribution in [0.3, 0.4) is 0 Å². The van der Waals surface area contributed by atoms with Crippen molar-refractivity contribution in [2.24, 2.45) is 5.73 Å². The van der Waals surface area contributed by atoms with E-state index in [9.17, 15) is 0 Å². The molecule has 0 heterocycles. The summed E-state index contributed by atoms with van der Waals surface area (Å²) < 4.78 is 12.8. The van der Waals surface area contributed by atoms with Crippen molar-refractivity contribution in [2.45, 2.75) is 122 Å². The molecule has 43 heavy (non-hydrogen) atoms. The Morgan fingerprint density at radius 1 is 0.721 bits per heavy atom. The van der Waals surface area contributed by atoms with Crippen LogP contribution in [0.5, 0.6) is 11.5 Å². The summed E-state index contributed by atoms with van der Waals surface area (Å²) in [6.07, 6.45) is 15.4. The molecule has 0 aliphatic heterocycles. The van der Waals surface area contributed by atoms with Crippen LogP contribution in [-0.2, 0) is 26.8 Å². The Labute approximate surface area is 277 Å². The first-order valence-electron chi connectivity index (χ1n) is 16.6. The minimum atomic E-state index is -0.700. The van der Waals surface area contributed by atoms with Crippen LogP contribution in [0.1, 0.15) is 97.5 Å². The molecule has 2 fully saturated rings. The van der Waals surface area contributed by atoms with Crippen LogP contribution in [0.25, 0.3) is 11.1 Å². The molecule has 2 N–H and O–H groups in total. The van der Waals surface area contributed by atoms with Crippen molar-refractivity contribution < 1.29 is 29.9 Å². The van der Waals surface area contributed by atoms with E-state index in [4.69, 9.17) is 15.2 Å². The molecule has 2 saturated carbocycles. The molecule has 238 valence electrons. The summed E-state index contributed by atoms with van der Waals surface area (Å²) in [7, 11) is -0.700. The zero-order chi connectivity index (χ0) is 29.7. The zero-order valence-electron chi connectivity index (χ0n) is 26.9. The maximum Gasteiger partial charge on any atom is 0.131 e. The summed E-state index contributed by atoms with van der Waals surface area (Å²) in [5.41, 5.74) is 10.9. The molecule has 3 aromatic rings. The maximum absolute atomic E-state index is 6.38. The minimum Gasteiger partial charge on any atom is -0.490 e. The average Bonchev–Trinajstić information content (AvgIpc) is 3.00. The molecular formula is C38H54NO2PPd. The molecule has 0 spiro atoms. The number of hydrogen-bond donors (Lipinski definition) is 1. The number of rotatable bonds is 10. The van der Waals surface area contributed by atoms with Gasteiger partial charge in [-0.15, -0.1) is 0 Å². The van der Waals surface area contributed by atoms with E-state index in [0.717, 1.165) is 29.2 Å². The molecular weight excluding hydrogens is 640 g/mol. The van der Waals surface area contributed by atoms with E-state index in [0.29, 0.717) is 6.54 Å². The van der Waals surface area contributed by atoms with Crippen molar-refractivity contribution in [2.75, 3.05) is 6.54 Å². The number of nitrogens with two attached hydrogens (primary N) is 1. The molecule has 0 atom stereocenters. The van der Waals surface area contributed by atoms with Crippen molar-refractivity contribution >= 4 is 13.2 Å². The van der Waals surface area contributed by atoms with Crippen LogP contribution in [-0.4, -0.2) is 30.1 Å². The van der Waals surface area contributed by atoms with Crippen LogP contribution in [0.2, 0.25) is 0 Å². The van der Waals surface area contributed by atoms with E-state index in [1.54, 1.807) is 5.30 Å². The van der Waals surface area contributed by atoms with Crippen molar-refractivity contribution in [3.8, 4) is 22.6 Å². The van der Waals surface area contributed by atoms with E-state index in [1.165, 1.54) is 80.9 Å². The quantitative estimate of drug-likeness (QED) is 0.131. The van der Waals surface area contributed by atoms with Gasteiger partial charge in [0.15, 0.2) is 0 Å². The molecule has 0 bridgehead atoms. The Hall–Kier alpha value is -1.69. The van der Waals surface area contributed by atoms with Gasteiger partial charge in [-0.05, 0) is 110 Å². The van der Waals surface area contributed by atoms with Gasteiger partial charge in [-0.1, -0.05) is 37.1 Å². The standard InChI is InChI=1S/C30H43O2P.C8H10N.Pd/c1-22(2)31-27-19-13-20-28(32-23(3)4)30(27)26-18-11-12-21-29(26)33(24-14-7-5-8-15-24)25-16-9-6-10-17-25;9-7-6-8-4-2-1-3-5-8;/h11-13,18-25H,5-10,14-17H2,1-4H3;1-4H,6-7,9H2;/q;-1;/p+1. The fourth-order valence-electron chi connectivity index (χ4n) is 6.78. The van der Waals surface area contributed by atoms with E-state index in [1.807, 2.05) is 24.3 Å². The minimum absolute atomic E-state index is 0. The summed E-state index contributed by atoms with van der Waals surface area (Å²) in [6.45, 7) is 9.17. The molecule has 2 aliphatic rings. The van der Waals surface area contributed by atoms with Crippen molar-refractivity contribution in [3.05, 3.63) is 78.4 Å². The number of hydrogen-bond acceptors (Lipinski definition) is 3. The van der Waals surface area contributed by atoms with Crippen molar-refractivity contribution in [1.82, 2.24) is 0 Å². The second kappa shape index (κ2) is 19.0. The fourth-order valence-corrected chi connectivity index (χ4v) is 11.2. The SMILES string of the molecule is CC(C)Oc1cccc(OC(C)C)c1-c1ccccc1[PH+](C1CCCCC1)C1CCCCC1.NCCc1[c-]cccc1.[Pd].